The Bertz CT molecular complexity index is 3830. The molecule has 372 valence electrons. The SMILES string of the molecule is Cc1cccc(C)c1-c1cc(Oc2ccc3c4ccccc4n(-c4cc(C(C)(C)C)ccn4)c3c2)cc(-n2[c-][n+](-c3c(-c4ccccc4)cccc3-c3ccccc3)nc2-c2cc(C(C)(C)C)cc(C(C)(C)C)c2)n1. The maximum Gasteiger partial charge on any atom is 0.275 e. The number of aromatic nitrogens is 6. The summed E-state index contributed by atoms with van der Waals surface area (Å²) in [6, 6.07) is 64.2. The summed E-state index contributed by atoms with van der Waals surface area (Å²) in [6.45, 7) is 24.6. The van der Waals surface area contributed by atoms with Crippen molar-refractivity contribution in [1.82, 2.24) is 24.2 Å². The molecule has 0 aliphatic rings. The van der Waals surface area contributed by atoms with Gasteiger partial charge in [0.15, 0.2) is 5.82 Å². The van der Waals surface area contributed by atoms with Gasteiger partial charge in [-0.25, -0.2) is 4.98 Å². The fourth-order valence-corrected chi connectivity index (χ4v) is 10.3. The molecule has 7 heteroatoms. The van der Waals surface area contributed by atoms with Gasteiger partial charge in [0.25, 0.3) is 6.33 Å². The van der Waals surface area contributed by atoms with Gasteiger partial charge in [-0.3, -0.25) is 14.1 Å². The third-order valence-electron chi connectivity index (χ3n) is 14.4. The fourth-order valence-electron chi connectivity index (χ4n) is 10.3. The lowest BCUT2D eigenvalue weighted by Crippen LogP contribution is -2.34. The monoisotopic (exact) mass is 981 g/mol. The number of para-hydroxylation sites is 2. The first-order valence-electron chi connectivity index (χ1n) is 26.0. The van der Waals surface area contributed by atoms with Crippen LogP contribution in [-0.2, 0) is 16.2 Å². The molecule has 0 saturated carbocycles. The Morgan fingerprint density at radius 2 is 1.07 bits per heavy atom. The predicted molar refractivity (Wildman–Crippen MR) is 308 cm³/mol. The molecule has 4 heterocycles. The van der Waals surface area contributed by atoms with Crippen LogP contribution in [0.25, 0.3) is 84.0 Å². The summed E-state index contributed by atoms with van der Waals surface area (Å²) in [4.78, 5) is 10.5. The van der Waals surface area contributed by atoms with Gasteiger partial charge >= 0.3 is 0 Å². The van der Waals surface area contributed by atoms with Crippen molar-refractivity contribution < 1.29 is 9.42 Å². The molecule has 7 nitrogen and oxygen atoms in total. The summed E-state index contributed by atoms with van der Waals surface area (Å²) >= 11 is 0. The van der Waals surface area contributed by atoms with Crippen molar-refractivity contribution in [3.05, 3.63) is 222 Å². The van der Waals surface area contributed by atoms with Crippen LogP contribution in [0.4, 0.5) is 0 Å². The minimum absolute atomic E-state index is 0.0531. The van der Waals surface area contributed by atoms with Gasteiger partial charge in [0, 0.05) is 46.3 Å². The Kier molecular flexibility index (Phi) is 12.2. The molecule has 0 radical (unpaired) electrons. The number of fused-ring (bicyclic) bond motifs is 3. The standard InChI is InChI=1S/C68H64N6O/c1-44-22-20-23-45(2)63(44)58-40-53(75-52-32-33-57-56-28-18-19-31-59(56)74(60(57)41-52)61-39-49(34-35-69-61)66(3,4)5)42-62(70-58)72-43-73(71-65(72)48-36-50(67(6,7)8)38-51(37-48)68(9,10)11)64-54(46-24-14-12-15-25-46)29-21-30-55(64)47-26-16-13-17-27-47/h12-42H,1-11H3. The predicted octanol–water partition coefficient (Wildman–Crippen LogP) is 16.8. The Hall–Kier alpha value is -8.42. The number of hydrogen-bond donors (Lipinski definition) is 0. The number of rotatable bonds is 9. The molecule has 0 amide bonds. The van der Waals surface area contributed by atoms with Crippen molar-refractivity contribution in [1.29, 1.82) is 0 Å². The van der Waals surface area contributed by atoms with Crippen molar-refractivity contribution in [2.75, 3.05) is 0 Å². The number of benzene rings is 7. The van der Waals surface area contributed by atoms with Crippen molar-refractivity contribution in [2.24, 2.45) is 0 Å². The van der Waals surface area contributed by atoms with Gasteiger partial charge in [0.1, 0.15) is 23.1 Å². The number of ether oxygens (including phenoxy) is 1. The highest BCUT2D eigenvalue weighted by molar-refractivity contribution is 6.09. The van der Waals surface area contributed by atoms with Crippen molar-refractivity contribution in [3.63, 3.8) is 0 Å². The zero-order chi connectivity index (χ0) is 52.4. The normalized spacial score (nSPS) is 12.2. The largest absolute Gasteiger partial charge is 0.458 e. The lowest BCUT2D eigenvalue weighted by molar-refractivity contribution is -0.659. The summed E-state index contributed by atoms with van der Waals surface area (Å²) in [5.74, 6) is 3.48. The second-order valence-corrected chi connectivity index (χ2v) is 23.0. The van der Waals surface area contributed by atoms with Crippen LogP contribution >= 0.6 is 0 Å². The van der Waals surface area contributed by atoms with Crippen LogP contribution in [0.1, 0.15) is 90.1 Å². The van der Waals surface area contributed by atoms with E-state index in [1.54, 1.807) is 0 Å². The molecule has 0 atom stereocenters. The summed E-state index contributed by atoms with van der Waals surface area (Å²) in [5.41, 5.74) is 15.5. The molecule has 0 N–H and O–H groups in total. The minimum Gasteiger partial charge on any atom is -0.458 e. The molecule has 0 saturated heterocycles. The van der Waals surface area contributed by atoms with Crippen LogP contribution in [0.5, 0.6) is 11.5 Å². The van der Waals surface area contributed by atoms with Crippen LogP contribution in [0.15, 0.2) is 188 Å². The number of nitrogens with zero attached hydrogens (tertiary/aromatic N) is 6. The van der Waals surface area contributed by atoms with Crippen LogP contribution < -0.4 is 9.42 Å². The number of aryl methyl sites for hydroxylation is 2. The Morgan fingerprint density at radius 1 is 0.480 bits per heavy atom. The second kappa shape index (κ2) is 18.8. The summed E-state index contributed by atoms with van der Waals surface area (Å²) in [5, 5.41) is 7.91. The fraction of sp³-hybridized carbons (Fsp3) is 0.206. The van der Waals surface area contributed by atoms with Gasteiger partial charge in [-0.15, -0.1) is 5.10 Å². The summed E-state index contributed by atoms with van der Waals surface area (Å²) in [6.07, 6.45) is 5.74. The quantitative estimate of drug-likeness (QED) is 0.107. The average Bonchev–Trinajstić information content (AvgIpc) is 3.98. The molecule has 0 unspecified atom stereocenters. The van der Waals surface area contributed by atoms with E-state index in [4.69, 9.17) is 19.8 Å². The molecular formula is C68H64N6O. The van der Waals surface area contributed by atoms with E-state index >= 15 is 0 Å². The lowest BCUT2D eigenvalue weighted by atomic mass is 9.79. The van der Waals surface area contributed by atoms with E-state index in [1.165, 1.54) is 16.7 Å². The molecule has 7 aromatic carbocycles. The molecule has 11 rings (SSSR count). The molecule has 4 aromatic heterocycles. The van der Waals surface area contributed by atoms with Gasteiger partial charge in [-0.1, -0.05) is 196 Å². The van der Waals surface area contributed by atoms with E-state index in [0.717, 1.165) is 83.5 Å². The van der Waals surface area contributed by atoms with Crippen LogP contribution in [0.3, 0.4) is 0 Å². The Balaban J connectivity index is 1.17. The Labute approximate surface area is 441 Å². The maximum absolute atomic E-state index is 7.15. The molecule has 0 bridgehead atoms. The maximum atomic E-state index is 7.15. The van der Waals surface area contributed by atoms with E-state index < -0.39 is 0 Å². The topological polar surface area (TPSA) is 61.6 Å². The highest BCUT2D eigenvalue weighted by Gasteiger charge is 2.27. The zero-order valence-corrected chi connectivity index (χ0v) is 45.0. The second-order valence-electron chi connectivity index (χ2n) is 23.0. The molecule has 0 aliphatic heterocycles. The van der Waals surface area contributed by atoms with Gasteiger partial charge in [0.05, 0.1) is 22.4 Å². The van der Waals surface area contributed by atoms with Gasteiger partial charge < -0.3 is 4.74 Å². The molecular weight excluding hydrogens is 917 g/mol. The first kappa shape index (κ1) is 48.8. The summed E-state index contributed by atoms with van der Waals surface area (Å²) in [7, 11) is 0. The third kappa shape index (κ3) is 9.44. The molecule has 0 aliphatic carbocycles. The molecule has 75 heavy (non-hydrogen) atoms. The van der Waals surface area contributed by atoms with Crippen molar-refractivity contribution in [2.45, 2.75) is 92.4 Å². The van der Waals surface area contributed by atoms with E-state index in [1.807, 2.05) is 21.5 Å². The summed E-state index contributed by atoms with van der Waals surface area (Å²) < 4.78 is 13.4. The van der Waals surface area contributed by atoms with Crippen molar-refractivity contribution >= 4 is 21.8 Å². The van der Waals surface area contributed by atoms with Crippen molar-refractivity contribution in [3.8, 4) is 73.7 Å². The molecule has 0 spiro atoms. The molecule has 0 fully saturated rings. The number of pyridine rings is 2. The smallest absolute Gasteiger partial charge is 0.275 e. The van der Waals surface area contributed by atoms with E-state index in [-0.39, 0.29) is 16.2 Å². The first-order chi connectivity index (χ1) is 35.9. The molecule has 11 aromatic rings. The van der Waals surface area contributed by atoms with Crippen LogP contribution in [0, 0.1) is 20.2 Å². The Morgan fingerprint density at radius 3 is 1.69 bits per heavy atom. The van der Waals surface area contributed by atoms with E-state index in [2.05, 4.69) is 263 Å². The van der Waals surface area contributed by atoms with Crippen LogP contribution in [0.2, 0.25) is 0 Å². The zero-order valence-electron chi connectivity index (χ0n) is 45.0. The van der Waals surface area contributed by atoms with Gasteiger partial charge in [-0.2, -0.15) is 4.68 Å². The van der Waals surface area contributed by atoms with Gasteiger partial charge in [-0.05, 0) is 110 Å². The van der Waals surface area contributed by atoms with Crippen LogP contribution in [-0.4, -0.2) is 24.2 Å². The van der Waals surface area contributed by atoms with E-state index in [0.29, 0.717) is 23.1 Å². The number of hydrogen-bond acceptors (Lipinski definition) is 4. The first-order valence-corrected chi connectivity index (χ1v) is 26.0. The third-order valence-corrected chi connectivity index (χ3v) is 14.4. The highest BCUT2D eigenvalue weighted by atomic mass is 16.5. The average molecular weight is 981 g/mol. The lowest BCUT2D eigenvalue weighted by Gasteiger charge is -2.26. The van der Waals surface area contributed by atoms with Gasteiger partial charge in [0.2, 0.25) is 0 Å². The highest BCUT2D eigenvalue weighted by Crippen LogP contribution is 2.40. The van der Waals surface area contributed by atoms with E-state index in [9.17, 15) is 0 Å². The minimum atomic E-state index is -0.146.